The second-order valence-electron chi connectivity index (χ2n) is 5.32. The van der Waals surface area contributed by atoms with Crippen molar-refractivity contribution in [3.8, 4) is 5.75 Å². The average Bonchev–Trinajstić information content (AvgIpc) is 2.59. The molecule has 23 heavy (non-hydrogen) atoms. The van der Waals surface area contributed by atoms with E-state index in [4.69, 9.17) is 16.3 Å². The van der Waals surface area contributed by atoms with Crippen molar-refractivity contribution in [1.29, 1.82) is 0 Å². The maximum absolute atomic E-state index is 12.3. The summed E-state index contributed by atoms with van der Waals surface area (Å²) in [6.07, 6.45) is 1.07. The van der Waals surface area contributed by atoms with Crippen LogP contribution in [0.2, 0.25) is 5.02 Å². The van der Waals surface area contributed by atoms with E-state index in [1.165, 1.54) is 5.56 Å². The van der Waals surface area contributed by atoms with Crippen LogP contribution in [-0.4, -0.2) is 12.0 Å². The van der Waals surface area contributed by atoms with Crippen molar-refractivity contribution in [2.45, 2.75) is 39.3 Å². The Kier molecular flexibility index (Phi) is 6.48. The Bertz CT molecular complexity index is 640. The molecule has 0 radical (unpaired) electrons. The highest BCUT2D eigenvalue weighted by atomic mass is 35.5. The molecule has 0 spiro atoms. The zero-order chi connectivity index (χ0) is 16.7. The Morgan fingerprint density at radius 3 is 2.43 bits per heavy atom. The summed E-state index contributed by atoms with van der Waals surface area (Å²) in [5.41, 5.74) is 2.14. The normalized spacial score (nSPS) is 11.8. The number of aryl methyl sites for hydroxylation is 1. The second-order valence-corrected chi connectivity index (χ2v) is 5.73. The number of amides is 1. The van der Waals surface area contributed by atoms with Gasteiger partial charge in [-0.2, -0.15) is 0 Å². The van der Waals surface area contributed by atoms with Crippen molar-refractivity contribution in [1.82, 2.24) is 5.32 Å². The highest BCUT2D eigenvalue weighted by molar-refractivity contribution is 6.31. The lowest BCUT2D eigenvalue weighted by atomic mass is 10.1. The van der Waals surface area contributed by atoms with Gasteiger partial charge in [-0.15, -0.1) is 0 Å². The first-order valence-electron chi connectivity index (χ1n) is 7.90. The van der Waals surface area contributed by atoms with Crippen LogP contribution in [0.15, 0.2) is 48.5 Å². The molecular formula is C19H22ClNO2. The van der Waals surface area contributed by atoms with Crippen molar-refractivity contribution in [2.75, 3.05) is 0 Å². The molecule has 0 bridgehead atoms. The standard InChI is InChI=1S/C19H22ClNO2/c1-3-14-9-11-16(12-10-14)23-18(4-2)19(22)21-13-15-7-5-6-8-17(15)20/h5-12,18H,3-4,13H2,1-2H3,(H,21,22)/t18-/m0/s1. The molecule has 0 aliphatic rings. The molecule has 0 aliphatic heterocycles. The Balaban J connectivity index is 1.94. The van der Waals surface area contributed by atoms with Crippen molar-refractivity contribution < 1.29 is 9.53 Å². The molecule has 0 saturated heterocycles. The van der Waals surface area contributed by atoms with Gasteiger partial charge in [0.15, 0.2) is 6.10 Å². The van der Waals surface area contributed by atoms with Crippen LogP contribution >= 0.6 is 11.6 Å². The fraction of sp³-hybridized carbons (Fsp3) is 0.316. The van der Waals surface area contributed by atoms with E-state index < -0.39 is 6.10 Å². The first kappa shape index (κ1) is 17.4. The minimum atomic E-state index is -0.509. The molecule has 2 aromatic rings. The van der Waals surface area contributed by atoms with Crippen LogP contribution in [0.1, 0.15) is 31.4 Å². The van der Waals surface area contributed by atoms with E-state index in [-0.39, 0.29) is 5.91 Å². The molecule has 0 heterocycles. The number of carbonyl (C=O) groups is 1. The highest BCUT2D eigenvalue weighted by Crippen LogP contribution is 2.17. The lowest BCUT2D eigenvalue weighted by Gasteiger charge is -2.17. The van der Waals surface area contributed by atoms with Gasteiger partial charge < -0.3 is 10.1 Å². The van der Waals surface area contributed by atoms with Crippen molar-refractivity contribution in [2.24, 2.45) is 0 Å². The Morgan fingerprint density at radius 2 is 1.83 bits per heavy atom. The summed E-state index contributed by atoms with van der Waals surface area (Å²) in [5.74, 6) is 0.578. The van der Waals surface area contributed by atoms with Crippen LogP contribution in [0, 0.1) is 0 Å². The van der Waals surface area contributed by atoms with Crippen LogP contribution in [0.25, 0.3) is 0 Å². The average molecular weight is 332 g/mol. The molecule has 2 rings (SSSR count). The fourth-order valence-electron chi connectivity index (χ4n) is 2.23. The van der Waals surface area contributed by atoms with E-state index in [0.717, 1.165) is 12.0 Å². The molecule has 1 amide bonds. The van der Waals surface area contributed by atoms with Crippen LogP contribution in [0.3, 0.4) is 0 Å². The van der Waals surface area contributed by atoms with Gasteiger partial charge in [-0.25, -0.2) is 0 Å². The summed E-state index contributed by atoms with van der Waals surface area (Å²) in [6, 6.07) is 15.3. The van der Waals surface area contributed by atoms with Gasteiger partial charge in [0.1, 0.15) is 5.75 Å². The molecule has 122 valence electrons. The lowest BCUT2D eigenvalue weighted by Crippen LogP contribution is -2.37. The van der Waals surface area contributed by atoms with E-state index in [9.17, 15) is 4.79 Å². The summed E-state index contributed by atoms with van der Waals surface area (Å²) in [6.45, 7) is 4.43. The SMILES string of the molecule is CCc1ccc(O[C@@H](CC)C(=O)NCc2ccccc2Cl)cc1. The summed E-state index contributed by atoms with van der Waals surface area (Å²) in [5, 5.41) is 3.54. The van der Waals surface area contributed by atoms with Gasteiger partial charge in [-0.3, -0.25) is 4.79 Å². The maximum Gasteiger partial charge on any atom is 0.261 e. The van der Waals surface area contributed by atoms with Gasteiger partial charge in [0, 0.05) is 11.6 Å². The third-order valence-electron chi connectivity index (χ3n) is 3.68. The summed E-state index contributed by atoms with van der Waals surface area (Å²) in [4.78, 5) is 12.3. The van der Waals surface area contributed by atoms with Gasteiger partial charge in [-0.05, 0) is 42.2 Å². The van der Waals surface area contributed by atoms with E-state index in [0.29, 0.717) is 23.7 Å². The number of benzene rings is 2. The van der Waals surface area contributed by atoms with Gasteiger partial charge in [-0.1, -0.05) is 55.8 Å². The molecular weight excluding hydrogens is 310 g/mol. The molecule has 0 aromatic heterocycles. The number of rotatable bonds is 7. The molecule has 2 aromatic carbocycles. The van der Waals surface area contributed by atoms with Gasteiger partial charge in [0.2, 0.25) is 0 Å². The van der Waals surface area contributed by atoms with Crippen molar-refractivity contribution in [3.63, 3.8) is 0 Å². The topological polar surface area (TPSA) is 38.3 Å². The molecule has 4 heteroatoms. The Morgan fingerprint density at radius 1 is 1.13 bits per heavy atom. The quantitative estimate of drug-likeness (QED) is 0.817. The number of carbonyl (C=O) groups excluding carboxylic acids is 1. The number of hydrogen-bond acceptors (Lipinski definition) is 2. The second kappa shape index (κ2) is 8.59. The molecule has 1 atom stereocenters. The van der Waals surface area contributed by atoms with Crippen molar-refractivity contribution >= 4 is 17.5 Å². The molecule has 3 nitrogen and oxygen atoms in total. The first-order chi connectivity index (χ1) is 11.1. The van der Waals surface area contributed by atoms with Crippen molar-refractivity contribution in [3.05, 3.63) is 64.7 Å². The molecule has 0 unspecified atom stereocenters. The number of halogens is 1. The molecule has 0 aliphatic carbocycles. The lowest BCUT2D eigenvalue weighted by molar-refractivity contribution is -0.128. The zero-order valence-corrected chi connectivity index (χ0v) is 14.3. The Labute approximate surface area is 142 Å². The minimum absolute atomic E-state index is 0.132. The molecule has 0 fully saturated rings. The molecule has 0 saturated carbocycles. The first-order valence-corrected chi connectivity index (χ1v) is 8.28. The monoisotopic (exact) mass is 331 g/mol. The van der Waals surface area contributed by atoms with E-state index in [1.54, 1.807) is 0 Å². The summed E-state index contributed by atoms with van der Waals surface area (Å²) in [7, 11) is 0. The van der Waals surface area contributed by atoms with Crippen LogP contribution in [0.5, 0.6) is 5.75 Å². The Hall–Kier alpha value is -2.00. The number of ether oxygens (including phenoxy) is 1. The van der Waals surface area contributed by atoms with Crippen LogP contribution in [-0.2, 0) is 17.8 Å². The van der Waals surface area contributed by atoms with Crippen LogP contribution < -0.4 is 10.1 Å². The number of nitrogens with one attached hydrogen (secondary N) is 1. The zero-order valence-electron chi connectivity index (χ0n) is 13.5. The summed E-state index contributed by atoms with van der Waals surface area (Å²) >= 11 is 6.10. The highest BCUT2D eigenvalue weighted by Gasteiger charge is 2.18. The number of hydrogen-bond donors (Lipinski definition) is 1. The predicted molar refractivity (Wildman–Crippen MR) is 93.8 cm³/mol. The third kappa shape index (κ3) is 5.00. The van der Waals surface area contributed by atoms with E-state index >= 15 is 0 Å². The largest absolute Gasteiger partial charge is 0.481 e. The maximum atomic E-state index is 12.3. The van der Waals surface area contributed by atoms with E-state index in [1.807, 2.05) is 55.5 Å². The predicted octanol–water partition coefficient (Wildman–Crippen LogP) is 4.38. The van der Waals surface area contributed by atoms with E-state index in [2.05, 4.69) is 12.2 Å². The van der Waals surface area contributed by atoms with Gasteiger partial charge >= 0.3 is 0 Å². The van der Waals surface area contributed by atoms with Gasteiger partial charge in [0.25, 0.3) is 5.91 Å². The smallest absolute Gasteiger partial charge is 0.261 e. The minimum Gasteiger partial charge on any atom is -0.481 e. The fourth-order valence-corrected chi connectivity index (χ4v) is 2.43. The summed E-state index contributed by atoms with van der Waals surface area (Å²) < 4.78 is 5.80. The third-order valence-corrected chi connectivity index (χ3v) is 4.05. The van der Waals surface area contributed by atoms with Gasteiger partial charge in [0.05, 0.1) is 0 Å². The molecule has 1 N–H and O–H groups in total. The van der Waals surface area contributed by atoms with Crippen LogP contribution in [0.4, 0.5) is 0 Å².